The summed E-state index contributed by atoms with van der Waals surface area (Å²) in [5.41, 5.74) is 1.86. The Bertz CT molecular complexity index is 321. The minimum Gasteiger partial charge on any atom is -0.363 e. The molecule has 0 aliphatic rings. The lowest BCUT2D eigenvalue weighted by Crippen LogP contribution is -2.20. The van der Waals surface area contributed by atoms with E-state index in [1.165, 1.54) is 0 Å². The van der Waals surface area contributed by atoms with Gasteiger partial charge in [0.25, 0.3) is 0 Å². The summed E-state index contributed by atoms with van der Waals surface area (Å²) in [6, 6.07) is 7.33. The van der Waals surface area contributed by atoms with Gasteiger partial charge in [-0.1, -0.05) is 52.4 Å². The third-order valence-electron chi connectivity index (χ3n) is 2.04. The van der Waals surface area contributed by atoms with E-state index in [-0.39, 0.29) is 0 Å². The lowest BCUT2D eigenvalue weighted by Gasteiger charge is -2.17. The molecule has 0 saturated heterocycles. The van der Waals surface area contributed by atoms with Crippen LogP contribution in [0.4, 0.5) is 13.2 Å². The number of hydrogen-bond donors (Lipinski definition) is 0. The molecule has 0 heterocycles. The highest BCUT2D eigenvalue weighted by atomic mass is 127. The molecule has 1 nitrogen and oxygen atoms in total. The van der Waals surface area contributed by atoms with Gasteiger partial charge in [0.05, 0.1) is 6.10 Å². The molecule has 0 aliphatic carbocycles. The minimum absolute atomic E-state index is 0.497. The number of aryl methyl sites for hydroxylation is 1. The van der Waals surface area contributed by atoms with Crippen molar-refractivity contribution < 1.29 is 17.9 Å². The average Bonchev–Trinajstić information content (AvgIpc) is 2.20. The van der Waals surface area contributed by atoms with Gasteiger partial charge in [-0.2, -0.15) is 13.2 Å². The smallest absolute Gasteiger partial charge is 0.363 e. The van der Waals surface area contributed by atoms with Crippen LogP contribution >= 0.6 is 22.6 Å². The first-order valence-corrected chi connectivity index (χ1v) is 6.26. The summed E-state index contributed by atoms with van der Waals surface area (Å²) in [5.74, 6) is 0. The van der Waals surface area contributed by atoms with Crippen LogP contribution in [0.25, 0.3) is 0 Å². The number of benzene rings is 1. The molecular weight excluding hydrogens is 332 g/mol. The van der Waals surface area contributed by atoms with Gasteiger partial charge >= 0.3 is 6.18 Å². The van der Waals surface area contributed by atoms with Crippen molar-refractivity contribution in [2.75, 3.05) is 11.0 Å². The van der Waals surface area contributed by atoms with E-state index in [1.54, 1.807) is 12.1 Å². The van der Waals surface area contributed by atoms with Crippen LogP contribution in [-0.4, -0.2) is 17.2 Å². The fourth-order valence-corrected chi connectivity index (χ4v) is 1.97. The number of hydrogen-bond acceptors (Lipinski definition) is 1. The predicted octanol–water partition coefficient (Wildman–Crippen LogP) is 4.05. The first kappa shape index (κ1) is 13.8. The summed E-state index contributed by atoms with van der Waals surface area (Å²) in [7, 11) is 0. The second-order valence-corrected chi connectivity index (χ2v) is 4.36. The summed E-state index contributed by atoms with van der Waals surface area (Å²) in [6.07, 6.45) is -4.77. The van der Waals surface area contributed by atoms with E-state index in [9.17, 15) is 13.2 Å². The van der Waals surface area contributed by atoms with E-state index in [1.807, 2.05) is 41.6 Å². The second-order valence-electron chi connectivity index (χ2n) is 3.48. The lowest BCUT2D eigenvalue weighted by atomic mass is 10.1. The molecule has 0 saturated carbocycles. The molecule has 0 spiro atoms. The Balaban J connectivity index is 2.64. The van der Waals surface area contributed by atoms with Gasteiger partial charge in [-0.3, -0.25) is 0 Å². The molecule has 1 rings (SSSR count). The van der Waals surface area contributed by atoms with Crippen molar-refractivity contribution in [3.8, 4) is 0 Å². The van der Waals surface area contributed by atoms with Crippen molar-refractivity contribution in [1.29, 1.82) is 0 Å². The second kappa shape index (κ2) is 5.86. The molecule has 90 valence electrons. The monoisotopic (exact) mass is 344 g/mol. The molecule has 0 amide bonds. The van der Waals surface area contributed by atoms with Gasteiger partial charge in [0.1, 0.15) is 6.61 Å². The molecule has 1 aromatic rings. The van der Waals surface area contributed by atoms with Gasteiger partial charge in [-0.05, 0) is 12.5 Å². The van der Waals surface area contributed by atoms with Crippen molar-refractivity contribution in [3.63, 3.8) is 0 Å². The molecule has 0 radical (unpaired) electrons. The molecule has 1 atom stereocenters. The molecule has 1 unspecified atom stereocenters. The van der Waals surface area contributed by atoms with E-state index >= 15 is 0 Å². The SMILES string of the molecule is Cc1ccc(C(CI)OCC(F)(F)F)cc1. The maximum atomic E-state index is 12.0. The Labute approximate surface area is 106 Å². The van der Waals surface area contributed by atoms with Crippen LogP contribution in [0.5, 0.6) is 0 Å². The Kier molecular flexibility index (Phi) is 5.04. The van der Waals surface area contributed by atoms with Gasteiger partial charge in [-0.15, -0.1) is 0 Å². The van der Waals surface area contributed by atoms with Gasteiger partial charge < -0.3 is 4.74 Å². The van der Waals surface area contributed by atoms with E-state index in [4.69, 9.17) is 4.74 Å². The molecule has 5 heteroatoms. The summed E-state index contributed by atoms with van der Waals surface area (Å²) < 4.78 is 41.4. The standard InChI is InChI=1S/C11H12F3IO/c1-8-2-4-9(5-3-8)10(6-15)16-7-11(12,13)14/h2-5,10H,6-7H2,1H3. The van der Waals surface area contributed by atoms with Crippen molar-refractivity contribution in [1.82, 2.24) is 0 Å². The number of rotatable bonds is 4. The Morgan fingerprint density at radius 2 is 1.81 bits per heavy atom. The van der Waals surface area contributed by atoms with Crippen LogP contribution in [0.2, 0.25) is 0 Å². The molecule has 0 N–H and O–H groups in total. The third kappa shape index (κ3) is 4.69. The van der Waals surface area contributed by atoms with Gasteiger partial charge in [0.15, 0.2) is 0 Å². The summed E-state index contributed by atoms with van der Waals surface area (Å²) in [6.45, 7) is 0.730. The van der Waals surface area contributed by atoms with E-state index in [0.717, 1.165) is 11.1 Å². The highest BCUT2D eigenvalue weighted by molar-refractivity contribution is 14.1. The Morgan fingerprint density at radius 1 is 1.25 bits per heavy atom. The first-order chi connectivity index (χ1) is 7.42. The molecule has 0 aromatic heterocycles. The first-order valence-electron chi connectivity index (χ1n) is 4.73. The molecule has 16 heavy (non-hydrogen) atoms. The normalized spacial score (nSPS) is 13.8. The average molecular weight is 344 g/mol. The summed E-state index contributed by atoms with van der Waals surface area (Å²) in [4.78, 5) is 0. The minimum atomic E-state index is -4.27. The summed E-state index contributed by atoms with van der Waals surface area (Å²) >= 11 is 2.02. The highest BCUT2D eigenvalue weighted by Crippen LogP contribution is 2.24. The Morgan fingerprint density at radius 3 is 2.25 bits per heavy atom. The fourth-order valence-electron chi connectivity index (χ4n) is 1.21. The van der Waals surface area contributed by atoms with Gasteiger partial charge in [0.2, 0.25) is 0 Å². The largest absolute Gasteiger partial charge is 0.411 e. The molecular formula is C11H12F3IO. The van der Waals surface area contributed by atoms with Gasteiger partial charge in [0, 0.05) is 4.43 Å². The van der Waals surface area contributed by atoms with Crippen molar-refractivity contribution in [2.45, 2.75) is 19.2 Å². The lowest BCUT2D eigenvalue weighted by molar-refractivity contribution is -0.183. The Hall–Kier alpha value is -0.300. The van der Waals surface area contributed by atoms with Crippen molar-refractivity contribution in [2.24, 2.45) is 0 Å². The number of ether oxygens (including phenoxy) is 1. The molecule has 0 bridgehead atoms. The van der Waals surface area contributed by atoms with E-state index in [0.29, 0.717) is 4.43 Å². The highest BCUT2D eigenvalue weighted by Gasteiger charge is 2.29. The van der Waals surface area contributed by atoms with Crippen LogP contribution < -0.4 is 0 Å². The zero-order valence-electron chi connectivity index (χ0n) is 8.72. The fraction of sp³-hybridized carbons (Fsp3) is 0.455. The molecule has 0 aliphatic heterocycles. The zero-order chi connectivity index (χ0) is 12.2. The van der Waals surface area contributed by atoms with Crippen LogP contribution in [0.3, 0.4) is 0 Å². The maximum Gasteiger partial charge on any atom is 0.411 e. The predicted molar refractivity (Wildman–Crippen MR) is 64.8 cm³/mol. The van der Waals surface area contributed by atoms with Crippen LogP contribution in [0.1, 0.15) is 17.2 Å². The zero-order valence-corrected chi connectivity index (χ0v) is 10.9. The third-order valence-corrected chi connectivity index (χ3v) is 2.84. The van der Waals surface area contributed by atoms with Gasteiger partial charge in [-0.25, -0.2) is 0 Å². The van der Waals surface area contributed by atoms with Crippen LogP contribution in [0, 0.1) is 6.92 Å². The topological polar surface area (TPSA) is 9.23 Å². The number of halogens is 4. The van der Waals surface area contributed by atoms with Crippen LogP contribution in [0.15, 0.2) is 24.3 Å². The van der Waals surface area contributed by atoms with Crippen molar-refractivity contribution >= 4 is 22.6 Å². The van der Waals surface area contributed by atoms with Crippen molar-refractivity contribution in [3.05, 3.63) is 35.4 Å². The summed E-state index contributed by atoms with van der Waals surface area (Å²) in [5, 5.41) is 0. The van der Waals surface area contributed by atoms with Crippen LogP contribution in [-0.2, 0) is 4.74 Å². The molecule has 0 fully saturated rings. The van der Waals surface area contributed by atoms with E-state index < -0.39 is 18.9 Å². The quantitative estimate of drug-likeness (QED) is 0.592. The number of alkyl halides is 4. The van der Waals surface area contributed by atoms with E-state index in [2.05, 4.69) is 0 Å². The maximum absolute atomic E-state index is 12.0. The molecule has 1 aromatic carbocycles.